The zero-order chi connectivity index (χ0) is 41.0. The number of alkyl carbamates (subject to hydrolysis) is 1. The van der Waals surface area contributed by atoms with Gasteiger partial charge in [-0.25, -0.2) is 13.2 Å². The Morgan fingerprint density at radius 1 is 0.914 bits per heavy atom. The number of carbonyl (C=O) groups excluding carboxylic acids is 4. The Labute approximate surface area is 340 Å². The highest BCUT2D eigenvalue weighted by Gasteiger charge is 2.67. The average molecular weight is 823 g/mol. The highest BCUT2D eigenvalue weighted by Crippen LogP contribution is 2.57. The second-order valence-corrected chi connectivity index (χ2v) is 20.3. The van der Waals surface area contributed by atoms with Gasteiger partial charge in [0.25, 0.3) is 5.91 Å². The summed E-state index contributed by atoms with van der Waals surface area (Å²) in [5.41, 5.74) is -0.852. The van der Waals surface area contributed by atoms with Crippen LogP contribution < -0.4 is 20.1 Å². The molecule has 0 spiro atoms. The van der Waals surface area contributed by atoms with E-state index in [4.69, 9.17) is 18.9 Å². The van der Waals surface area contributed by atoms with E-state index >= 15 is 4.79 Å². The third-order valence-electron chi connectivity index (χ3n) is 13.8. The number of aryl methyl sites for hydroxylation is 1. The molecule has 0 unspecified atom stereocenters. The molecule has 3 N–H and O–H groups in total. The summed E-state index contributed by atoms with van der Waals surface area (Å²) < 4.78 is 51.8. The van der Waals surface area contributed by atoms with Crippen molar-refractivity contribution in [2.24, 2.45) is 23.2 Å². The van der Waals surface area contributed by atoms with Crippen LogP contribution in [0.1, 0.15) is 95.6 Å². The van der Waals surface area contributed by atoms with E-state index in [0.717, 1.165) is 59.8 Å². The van der Waals surface area contributed by atoms with Crippen LogP contribution in [-0.2, 0) is 50.6 Å². The number of amides is 4. The molecule has 8 rings (SSSR count). The maximum Gasteiger partial charge on any atom is 0.407 e. The third kappa shape index (κ3) is 8.15. The first-order chi connectivity index (χ1) is 27.7. The third-order valence-corrected chi connectivity index (χ3v) is 15.6. The lowest BCUT2D eigenvalue weighted by atomic mass is 9.83. The van der Waals surface area contributed by atoms with Gasteiger partial charge in [-0.3, -0.25) is 19.1 Å². The molecule has 0 radical (unpaired) electrons. The molecule has 14 nitrogen and oxygen atoms in total. The number of methoxy groups -OCH3 is 2. The van der Waals surface area contributed by atoms with Crippen molar-refractivity contribution >= 4 is 44.6 Å². The largest absolute Gasteiger partial charge is 0.496 e. The minimum Gasteiger partial charge on any atom is -0.496 e. The molecule has 3 saturated carbocycles. The van der Waals surface area contributed by atoms with Gasteiger partial charge in [-0.2, -0.15) is 0 Å². The summed E-state index contributed by atoms with van der Waals surface area (Å²) in [6.45, 7) is 5.30. The predicted octanol–water partition coefficient (Wildman–Crippen LogP) is 4.46. The topological polar surface area (TPSA) is 179 Å². The molecule has 4 amide bonds. The highest BCUT2D eigenvalue weighted by molar-refractivity contribution is 7.91. The van der Waals surface area contributed by atoms with Crippen molar-refractivity contribution in [3.8, 4) is 5.75 Å². The van der Waals surface area contributed by atoms with Gasteiger partial charge < -0.3 is 34.5 Å². The van der Waals surface area contributed by atoms with Gasteiger partial charge in [0.15, 0.2) is 0 Å². The fourth-order valence-corrected chi connectivity index (χ4v) is 11.1. The summed E-state index contributed by atoms with van der Waals surface area (Å²) in [5, 5.41) is 7.24. The number of fused-ring (bicyclic) bond motifs is 5. The molecule has 6 aliphatic rings. The Morgan fingerprint density at radius 3 is 2.36 bits per heavy atom. The molecule has 5 fully saturated rings. The van der Waals surface area contributed by atoms with Crippen molar-refractivity contribution in [3.63, 3.8) is 0 Å². The molecule has 3 heterocycles. The van der Waals surface area contributed by atoms with Crippen LogP contribution in [0.25, 0.3) is 10.8 Å². The van der Waals surface area contributed by atoms with Crippen molar-refractivity contribution in [1.82, 2.24) is 20.3 Å². The quantitative estimate of drug-likeness (QED) is 0.327. The van der Waals surface area contributed by atoms with Crippen LogP contribution in [0.3, 0.4) is 0 Å². The Morgan fingerprint density at radius 2 is 1.67 bits per heavy atom. The van der Waals surface area contributed by atoms with Crippen molar-refractivity contribution in [1.29, 1.82) is 0 Å². The SMILES string of the molecule is COc1cc2ccc3cc2cc1CCCC(C)(C)CCOC(=O)N[C@@H](C1CCOCC1)C(=O)N1C[C@@]3(OC)C[C@H]1C(=O)N[C@]1(C(=O)NS(=O)(=O)C2CC2)C[C@@H]1C1CC1. The van der Waals surface area contributed by atoms with Gasteiger partial charge in [-0.1, -0.05) is 26.0 Å². The number of benzene rings is 2. The highest BCUT2D eigenvalue weighted by atomic mass is 32.2. The standard InChI is InChI=1S/C43H58N4O10S/c1-41(2)15-5-6-29-20-30-21-31(10-9-28(30)22-35(29)54-3)42(55-4)24-34(47(25-42)38(49)36(27-13-17-56-18-14-27)44-40(51)57-19-16-41)37(48)45-43(23-33(43)26-7-8-26)39(50)46-58(52,53)32-11-12-32/h9-10,20-22,26-27,32-34,36H,5-8,11-19,23-25H2,1-4H3,(H,44,51)(H,45,48)(H,46,50)/t33-,34+,36+,42+,43-/m1/s1. The van der Waals surface area contributed by atoms with E-state index in [1.165, 1.54) is 4.90 Å². The zero-order valence-corrected chi connectivity index (χ0v) is 34.9. The van der Waals surface area contributed by atoms with Crippen LogP contribution in [0.4, 0.5) is 4.79 Å². The van der Waals surface area contributed by atoms with Gasteiger partial charge >= 0.3 is 6.09 Å². The van der Waals surface area contributed by atoms with Gasteiger partial charge in [-0.05, 0) is 134 Å². The molecule has 0 aromatic heterocycles. The number of rotatable bonds is 9. The second-order valence-electron chi connectivity index (χ2n) is 18.4. The van der Waals surface area contributed by atoms with Gasteiger partial charge in [0.1, 0.15) is 29.0 Å². The van der Waals surface area contributed by atoms with Crippen molar-refractivity contribution in [3.05, 3.63) is 41.5 Å². The van der Waals surface area contributed by atoms with E-state index < -0.39 is 62.3 Å². The maximum atomic E-state index is 15.1. The predicted molar refractivity (Wildman–Crippen MR) is 214 cm³/mol. The normalized spacial score (nSPS) is 30.8. The van der Waals surface area contributed by atoms with Crippen LogP contribution in [0.2, 0.25) is 0 Å². The fraction of sp³-hybridized carbons (Fsp3) is 0.674. The van der Waals surface area contributed by atoms with Crippen LogP contribution in [0, 0.1) is 23.2 Å². The van der Waals surface area contributed by atoms with Gasteiger partial charge in [0, 0.05) is 26.7 Å². The summed E-state index contributed by atoms with van der Waals surface area (Å²) >= 11 is 0. The van der Waals surface area contributed by atoms with Crippen LogP contribution in [0.5, 0.6) is 5.75 Å². The van der Waals surface area contributed by atoms with Gasteiger partial charge in [-0.15, -0.1) is 0 Å². The molecule has 2 aromatic rings. The number of sulfonamides is 1. The summed E-state index contributed by atoms with van der Waals surface area (Å²) in [6, 6.07) is 8.03. The maximum absolute atomic E-state index is 15.1. The number of nitrogens with zero attached hydrogens (tertiary/aromatic N) is 1. The molecule has 2 saturated heterocycles. The molecule has 15 heteroatoms. The Balaban J connectivity index is 1.18. The fourth-order valence-electron chi connectivity index (χ4n) is 9.69. The number of hydrogen-bond donors (Lipinski definition) is 3. The van der Waals surface area contributed by atoms with E-state index in [-0.39, 0.29) is 42.7 Å². The average Bonchev–Trinajstić information content (AvgIpc) is 4.08. The lowest BCUT2D eigenvalue weighted by Crippen LogP contribution is -2.59. The van der Waals surface area contributed by atoms with E-state index in [1.54, 1.807) is 14.2 Å². The van der Waals surface area contributed by atoms with E-state index in [9.17, 15) is 22.8 Å². The molecule has 3 aliphatic heterocycles. The minimum absolute atomic E-state index is 0.0130. The smallest absolute Gasteiger partial charge is 0.407 e. The number of ether oxygens (including phenoxy) is 4. The zero-order valence-electron chi connectivity index (χ0n) is 34.1. The molecule has 3 aliphatic carbocycles. The lowest BCUT2D eigenvalue weighted by molar-refractivity contribution is -0.143. The van der Waals surface area contributed by atoms with Crippen LogP contribution >= 0.6 is 0 Å². The van der Waals surface area contributed by atoms with Crippen LogP contribution in [0.15, 0.2) is 30.3 Å². The number of hydrogen-bond acceptors (Lipinski definition) is 10. The summed E-state index contributed by atoms with van der Waals surface area (Å²) in [4.78, 5) is 58.9. The second kappa shape index (κ2) is 15.6. The summed E-state index contributed by atoms with van der Waals surface area (Å²) in [7, 11) is -0.638. The number of carbonyl (C=O) groups is 4. The Bertz CT molecular complexity index is 2060. The summed E-state index contributed by atoms with van der Waals surface area (Å²) in [6.07, 6.45) is 6.66. The molecular weight excluding hydrogens is 765 g/mol. The van der Waals surface area contributed by atoms with Gasteiger partial charge in [0.2, 0.25) is 21.8 Å². The minimum atomic E-state index is -3.88. The summed E-state index contributed by atoms with van der Waals surface area (Å²) in [5.74, 6) is -1.25. The Kier molecular flexibility index (Phi) is 11.0. The van der Waals surface area contributed by atoms with E-state index in [0.29, 0.717) is 51.7 Å². The first-order valence-electron chi connectivity index (χ1n) is 21.0. The molecular formula is C43H58N4O10S. The lowest BCUT2D eigenvalue weighted by Gasteiger charge is -2.35. The molecule has 5 bridgehead atoms. The van der Waals surface area contributed by atoms with Crippen molar-refractivity contribution in [2.45, 2.75) is 119 Å². The van der Waals surface area contributed by atoms with Crippen molar-refractivity contribution < 1.29 is 46.5 Å². The monoisotopic (exact) mass is 822 g/mol. The molecule has 2 aromatic carbocycles. The Hall–Kier alpha value is -3.95. The van der Waals surface area contributed by atoms with Gasteiger partial charge in [0.05, 0.1) is 25.5 Å². The molecule has 5 atom stereocenters. The molecule has 58 heavy (non-hydrogen) atoms. The first-order valence-corrected chi connectivity index (χ1v) is 22.6. The first kappa shape index (κ1) is 40.8. The van der Waals surface area contributed by atoms with Crippen molar-refractivity contribution in [2.75, 3.05) is 40.6 Å². The van der Waals surface area contributed by atoms with Crippen LogP contribution in [-0.4, -0.2) is 101 Å². The number of nitrogens with one attached hydrogen (secondary N) is 3. The van der Waals surface area contributed by atoms with E-state index in [1.807, 2.05) is 18.2 Å². The number of cyclic esters (lactones) is 1. The van der Waals surface area contributed by atoms with E-state index in [2.05, 4.69) is 41.3 Å². The molecule has 316 valence electrons.